The SMILES string of the molecule is CNC1CCC(N(C)C(=O)c2cncnc2)CC1. The molecular formula is C13H20N4O. The summed E-state index contributed by atoms with van der Waals surface area (Å²) in [6.07, 6.45) is 8.96. The van der Waals surface area contributed by atoms with Gasteiger partial charge >= 0.3 is 0 Å². The highest BCUT2D eigenvalue weighted by molar-refractivity contribution is 5.93. The van der Waals surface area contributed by atoms with Crippen LogP contribution in [0.15, 0.2) is 18.7 Å². The van der Waals surface area contributed by atoms with Crippen LogP contribution in [0.25, 0.3) is 0 Å². The molecule has 1 heterocycles. The quantitative estimate of drug-likeness (QED) is 0.869. The smallest absolute Gasteiger partial charge is 0.256 e. The van der Waals surface area contributed by atoms with Crippen LogP contribution >= 0.6 is 0 Å². The molecule has 1 amide bonds. The van der Waals surface area contributed by atoms with Crippen molar-refractivity contribution in [1.29, 1.82) is 0 Å². The van der Waals surface area contributed by atoms with Gasteiger partial charge in [-0.1, -0.05) is 0 Å². The molecule has 5 heteroatoms. The predicted molar refractivity (Wildman–Crippen MR) is 69.2 cm³/mol. The summed E-state index contributed by atoms with van der Waals surface area (Å²) < 4.78 is 0. The highest BCUT2D eigenvalue weighted by Crippen LogP contribution is 2.23. The fourth-order valence-electron chi connectivity index (χ4n) is 2.53. The number of hydrogen-bond donors (Lipinski definition) is 1. The average molecular weight is 248 g/mol. The molecule has 1 fully saturated rings. The van der Waals surface area contributed by atoms with E-state index in [0.717, 1.165) is 25.7 Å². The minimum absolute atomic E-state index is 0.0171. The summed E-state index contributed by atoms with van der Waals surface area (Å²) in [6, 6.07) is 0.937. The molecule has 1 N–H and O–H groups in total. The third-order valence-corrected chi connectivity index (χ3v) is 3.78. The summed E-state index contributed by atoms with van der Waals surface area (Å²) in [5.41, 5.74) is 0.565. The molecule has 1 saturated carbocycles. The van der Waals surface area contributed by atoms with Gasteiger partial charge in [-0.15, -0.1) is 0 Å². The Morgan fingerprint density at radius 1 is 1.28 bits per heavy atom. The van der Waals surface area contributed by atoms with E-state index in [4.69, 9.17) is 0 Å². The van der Waals surface area contributed by atoms with Crippen LogP contribution in [0, 0.1) is 0 Å². The second-order valence-corrected chi connectivity index (χ2v) is 4.84. The number of nitrogens with zero attached hydrogens (tertiary/aromatic N) is 3. The molecule has 0 aromatic carbocycles. The molecule has 1 aliphatic carbocycles. The van der Waals surface area contributed by atoms with E-state index in [-0.39, 0.29) is 5.91 Å². The monoisotopic (exact) mass is 248 g/mol. The molecule has 0 spiro atoms. The standard InChI is InChI=1S/C13H20N4O/c1-14-11-3-5-12(6-4-11)17(2)13(18)10-7-15-9-16-8-10/h7-9,11-12,14H,3-6H2,1-2H3. The normalized spacial score (nSPS) is 23.7. The Morgan fingerprint density at radius 3 is 2.44 bits per heavy atom. The van der Waals surface area contributed by atoms with Gasteiger partial charge in [0.1, 0.15) is 6.33 Å². The third kappa shape index (κ3) is 2.85. The maximum atomic E-state index is 12.2. The number of nitrogens with one attached hydrogen (secondary N) is 1. The van der Waals surface area contributed by atoms with Crippen LogP contribution < -0.4 is 5.32 Å². The zero-order valence-electron chi connectivity index (χ0n) is 11.0. The average Bonchev–Trinajstić information content (AvgIpc) is 2.47. The summed E-state index contributed by atoms with van der Waals surface area (Å²) in [5.74, 6) is 0.0171. The lowest BCUT2D eigenvalue weighted by Gasteiger charge is -2.34. The third-order valence-electron chi connectivity index (χ3n) is 3.78. The molecule has 2 rings (SSSR count). The molecule has 1 aromatic rings. The van der Waals surface area contributed by atoms with E-state index in [1.807, 2.05) is 19.0 Å². The van der Waals surface area contributed by atoms with Crippen molar-refractivity contribution in [1.82, 2.24) is 20.2 Å². The van der Waals surface area contributed by atoms with E-state index in [1.165, 1.54) is 6.33 Å². The summed E-state index contributed by atoms with van der Waals surface area (Å²) >= 11 is 0. The van der Waals surface area contributed by atoms with Crippen molar-refractivity contribution in [3.63, 3.8) is 0 Å². The highest BCUT2D eigenvalue weighted by atomic mass is 16.2. The van der Waals surface area contributed by atoms with Crippen LogP contribution in [0.2, 0.25) is 0 Å². The van der Waals surface area contributed by atoms with E-state index in [1.54, 1.807) is 12.4 Å². The molecule has 0 bridgehead atoms. The van der Waals surface area contributed by atoms with E-state index in [2.05, 4.69) is 15.3 Å². The first kappa shape index (κ1) is 13.0. The summed E-state index contributed by atoms with van der Waals surface area (Å²) in [6.45, 7) is 0. The van der Waals surface area contributed by atoms with Crippen molar-refractivity contribution >= 4 is 5.91 Å². The molecule has 1 aromatic heterocycles. The Hall–Kier alpha value is -1.49. The fraction of sp³-hybridized carbons (Fsp3) is 0.615. The van der Waals surface area contributed by atoms with Gasteiger partial charge in [-0.2, -0.15) is 0 Å². The number of rotatable bonds is 3. The van der Waals surface area contributed by atoms with Crippen molar-refractivity contribution in [3.8, 4) is 0 Å². The van der Waals surface area contributed by atoms with Crippen LogP contribution in [0.5, 0.6) is 0 Å². The van der Waals surface area contributed by atoms with Crippen molar-refractivity contribution in [2.24, 2.45) is 0 Å². The van der Waals surface area contributed by atoms with E-state index >= 15 is 0 Å². The summed E-state index contributed by atoms with van der Waals surface area (Å²) in [7, 11) is 3.88. The number of aromatic nitrogens is 2. The van der Waals surface area contributed by atoms with Crippen molar-refractivity contribution < 1.29 is 4.79 Å². The van der Waals surface area contributed by atoms with Gasteiger partial charge in [0.05, 0.1) is 5.56 Å². The maximum absolute atomic E-state index is 12.2. The van der Waals surface area contributed by atoms with Crippen LogP contribution in [0.3, 0.4) is 0 Å². The summed E-state index contributed by atoms with van der Waals surface area (Å²) in [5, 5.41) is 3.30. The van der Waals surface area contributed by atoms with Crippen molar-refractivity contribution in [2.45, 2.75) is 37.8 Å². The van der Waals surface area contributed by atoms with E-state index in [0.29, 0.717) is 17.6 Å². The fourth-order valence-corrected chi connectivity index (χ4v) is 2.53. The molecule has 0 radical (unpaired) electrons. The molecule has 0 atom stereocenters. The molecule has 1 aliphatic rings. The Morgan fingerprint density at radius 2 is 1.89 bits per heavy atom. The first-order chi connectivity index (χ1) is 8.72. The summed E-state index contributed by atoms with van der Waals surface area (Å²) in [4.78, 5) is 21.8. The molecule has 0 aliphatic heterocycles. The minimum atomic E-state index is 0.0171. The zero-order valence-corrected chi connectivity index (χ0v) is 11.0. The molecule has 98 valence electrons. The van der Waals surface area contributed by atoms with Crippen molar-refractivity contribution in [3.05, 3.63) is 24.3 Å². The van der Waals surface area contributed by atoms with Crippen LogP contribution in [0.1, 0.15) is 36.0 Å². The first-order valence-corrected chi connectivity index (χ1v) is 6.41. The van der Waals surface area contributed by atoms with Gasteiger partial charge in [0, 0.05) is 31.5 Å². The van der Waals surface area contributed by atoms with Gasteiger partial charge in [0.15, 0.2) is 0 Å². The second kappa shape index (κ2) is 5.91. The Labute approximate surface area is 108 Å². The number of carbonyl (C=O) groups excluding carboxylic acids is 1. The molecule has 0 unspecified atom stereocenters. The highest BCUT2D eigenvalue weighted by Gasteiger charge is 2.26. The van der Waals surface area contributed by atoms with Gasteiger partial charge in [-0.05, 0) is 32.7 Å². The Kier molecular flexibility index (Phi) is 4.25. The van der Waals surface area contributed by atoms with Gasteiger partial charge in [-0.3, -0.25) is 4.79 Å². The van der Waals surface area contributed by atoms with Gasteiger partial charge in [-0.25, -0.2) is 9.97 Å². The second-order valence-electron chi connectivity index (χ2n) is 4.84. The van der Waals surface area contributed by atoms with Gasteiger partial charge < -0.3 is 10.2 Å². The number of carbonyl (C=O) groups is 1. The number of amides is 1. The molecule has 0 saturated heterocycles. The Bertz CT molecular complexity index is 387. The van der Waals surface area contributed by atoms with E-state index in [9.17, 15) is 4.79 Å². The molecule has 5 nitrogen and oxygen atoms in total. The van der Waals surface area contributed by atoms with Crippen LogP contribution in [0.4, 0.5) is 0 Å². The van der Waals surface area contributed by atoms with Gasteiger partial charge in [0.25, 0.3) is 5.91 Å². The molecule has 18 heavy (non-hydrogen) atoms. The lowest BCUT2D eigenvalue weighted by Crippen LogP contribution is -2.42. The van der Waals surface area contributed by atoms with Crippen molar-refractivity contribution in [2.75, 3.05) is 14.1 Å². The zero-order chi connectivity index (χ0) is 13.0. The maximum Gasteiger partial charge on any atom is 0.256 e. The number of hydrogen-bond acceptors (Lipinski definition) is 4. The molecular weight excluding hydrogens is 228 g/mol. The first-order valence-electron chi connectivity index (χ1n) is 6.41. The predicted octanol–water partition coefficient (Wildman–Crippen LogP) is 1.08. The van der Waals surface area contributed by atoms with Crippen LogP contribution in [-0.4, -0.2) is 47.0 Å². The minimum Gasteiger partial charge on any atom is -0.339 e. The lowest BCUT2D eigenvalue weighted by atomic mass is 9.90. The lowest BCUT2D eigenvalue weighted by molar-refractivity contribution is 0.0685. The van der Waals surface area contributed by atoms with Gasteiger partial charge in [0.2, 0.25) is 0 Å². The van der Waals surface area contributed by atoms with E-state index < -0.39 is 0 Å². The largest absolute Gasteiger partial charge is 0.339 e. The van der Waals surface area contributed by atoms with Crippen LogP contribution in [-0.2, 0) is 0 Å². The topological polar surface area (TPSA) is 58.1 Å². The Balaban J connectivity index is 1.96.